The van der Waals surface area contributed by atoms with Gasteiger partial charge in [0.2, 0.25) is 0 Å². The standard InChI is InChI=1S/C14H25O2P/c1-2-3-4-7-14(16-17)8-5-6-12-11-13(12)9-10-15/h12-15H,2-4,6-7,9-11,17H2,1H3/t12-,13-,14?/m0/s1. The van der Waals surface area contributed by atoms with Crippen LogP contribution in [0.15, 0.2) is 0 Å². The van der Waals surface area contributed by atoms with E-state index in [0.29, 0.717) is 6.61 Å². The first-order valence-electron chi connectivity index (χ1n) is 6.76. The van der Waals surface area contributed by atoms with E-state index in [1.807, 2.05) is 0 Å². The van der Waals surface area contributed by atoms with Crippen molar-refractivity contribution in [3.8, 4) is 11.8 Å². The van der Waals surface area contributed by atoms with E-state index in [-0.39, 0.29) is 6.10 Å². The summed E-state index contributed by atoms with van der Waals surface area (Å²) in [5, 5.41) is 8.81. The highest BCUT2D eigenvalue weighted by Crippen LogP contribution is 2.43. The molecule has 2 nitrogen and oxygen atoms in total. The SMILES string of the molecule is CCCCCC(C#CC[C@H]1C[C@@H]1CCO)OP. The molecule has 0 amide bonds. The van der Waals surface area contributed by atoms with Gasteiger partial charge in [-0.1, -0.05) is 25.7 Å². The molecule has 3 heteroatoms. The van der Waals surface area contributed by atoms with E-state index in [1.54, 1.807) is 0 Å². The molecule has 1 fully saturated rings. The maximum Gasteiger partial charge on any atom is 0.121 e. The van der Waals surface area contributed by atoms with Crippen LogP contribution in [0, 0.1) is 23.7 Å². The zero-order valence-corrected chi connectivity index (χ0v) is 12.0. The smallest absolute Gasteiger partial charge is 0.121 e. The van der Waals surface area contributed by atoms with E-state index in [0.717, 1.165) is 31.1 Å². The summed E-state index contributed by atoms with van der Waals surface area (Å²) in [4.78, 5) is 0. The van der Waals surface area contributed by atoms with Crippen molar-refractivity contribution < 1.29 is 9.63 Å². The summed E-state index contributed by atoms with van der Waals surface area (Å²) in [5.41, 5.74) is 0. The van der Waals surface area contributed by atoms with E-state index >= 15 is 0 Å². The lowest BCUT2D eigenvalue weighted by molar-refractivity contribution is 0.277. The lowest BCUT2D eigenvalue weighted by atomic mass is 10.1. The minimum atomic E-state index is 0.0848. The molecule has 4 atom stereocenters. The van der Waals surface area contributed by atoms with E-state index in [4.69, 9.17) is 9.63 Å². The fourth-order valence-corrected chi connectivity index (χ4v) is 2.34. The minimum absolute atomic E-state index is 0.0848. The van der Waals surface area contributed by atoms with Crippen LogP contribution in [0.5, 0.6) is 0 Å². The number of unbranched alkanes of at least 4 members (excludes halogenated alkanes) is 2. The second-order valence-electron chi connectivity index (χ2n) is 4.91. The summed E-state index contributed by atoms with van der Waals surface area (Å²) in [5.74, 6) is 7.91. The van der Waals surface area contributed by atoms with Gasteiger partial charge in [0.25, 0.3) is 0 Å². The molecular formula is C14H25O2P. The third kappa shape index (κ3) is 6.41. The first kappa shape index (κ1) is 15.0. The zero-order chi connectivity index (χ0) is 12.5. The summed E-state index contributed by atoms with van der Waals surface area (Å²) in [6.07, 6.45) is 7.99. The van der Waals surface area contributed by atoms with Gasteiger partial charge in [0.15, 0.2) is 0 Å². The Bertz CT molecular complexity index is 257. The van der Waals surface area contributed by atoms with Crippen molar-refractivity contribution in [3.63, 3.8) is 0 Å². The first-order chi connectivity index (χ1) is 8.31. The molecule has 1 N–H and O–H groups in total. The Balaban J connectivity index is 2.13. The van der Waals surface area contributed by atoms with Crippen LogP contribution in [-0.2, 0) is 4.52 Å². The maximum atomic E-state index is 8.81. The molecule has 17 heavy (non-hydrogen) atoms. The van der Waals surface area contributed by atoms with E-state index in [9.17, 15) is 0 Å². The van der Waals surface area contributed by atoms with Gasteiger partial charge in [-0.15, -0.1) is 5.92 Å². The summed E-state index contributed by atoms with van der Waals surface area (Å²) in [6, 6.07) is 0. The van der Waals surface area contributed by atoms with Crippen molar-refractivity contribution >= 4 is 9.47 Å². The molecule has 98 valence electrons. The molecule has 1 rings (SSSR count). The van der Waals surface area contributed by atoms with Gasteiger partial charge in [-0.05, 0) is 37.5 Å². The van der Waals surface area contributed by atoms with Gasteiger partial charge in [-0.25, -0.2) is 0 Å². The quantitative estimate of drug-likeness (QED) is 0.410. The van der Waals surface area contributed by atoms with Gasteiger partial charge in [0, 0.05) is 22.5 Å². The number of aliphatic hydroxyl groups excluding tert-OH is 1. The highest BCUT2D eigenvalue weighted by molar-refractivity contribution is 7.09. The largest absolute Gasteiger partial charge is 0.396 e. The predicted octanol–water partition coefficient (Wildman–Crippen LogP) is 3.15. The lowest BCUT2D eigenvalue weighted by Gasteiger charge is -2.06. The van der Waals surface area contributed by atoms with Crippen LogP contribution in [0.2, 0.25) is 0 Å². The Morgan fingerprint density at radius 3 is 2.88 bits per heavy atom. The third-order valence-corrected chi connectivity index (χ3v) is 3.76. The molecule has 1 aliphatic carbocycles. The van der Waals surface area contributed by atoms with Crippen LogP contribution in [0.25, 0.3) is 0 Å². The third-order valence-electron chi connectivity index (χ3n) is 3.43. The minimum Gasteiger partial charge on any atom is -0.396 e. The highest BCUT2D eigenvalue weighted by Gasteiger charge is 2.35. The number of aliphatic hydroxyl groups is 1. The first-order valence-corrected chi connectivity index (χ1v) is 7.23. The average Bonchev–Trinajstić information content (AvgIpc) is 3.06. The van der Waals surface area contributed by atoms with Crippen molar-refractivity contribution in [2.75, 3.05) is 6.61 Å². The van der Waals surface area contributed by atoms with Crippen molar-refractivity contribution in [3.05, 3.63) is 0 Å². The average molecular weight is 256 g/mol. The Morgan fingerprint density at radius 2 is 2.24 bits per heavy atom. The predicted molar refractivity (Wildman–Crippen MR) is 74.4 cm³/mol. The Hall–Kier alpha value is -0.0900. The van der Waals surface area contributed by atoms with Crippen LogP contribution in [0.1, 0.15) is 51.9 Å². The fraction of sp³-hybridized carbons (Fsp3) is 0.857. The lowest BCUT2D eigenvalue weighted by Crippen LogP contribution is -2.03. The van der Waals surface area contributed by atoms with Crippen LogP contribution in [-0.4, -0.2) is 17.8 Å². The topological polar surface area (TPSA) is 29.5 Å². The fourth-order valence-electron chi connectivity index (χ4n) is 2.14. The van der Waals surface area contributed by atoms with Crippen LogP contribution < -0.4 is 0 Å². The Morgan fingerprint density at radius 1 is 1.41 bits per heavy atom. The molecule has 2 unspecified atom stereocenters. The van der Waals surface area contributed by atoms with E-state index in [1.165, 1.54) is 25.7 Å². The molecule has 0 aromatic carbocycles. The highest BCUT2D eigenvalue weighted by atomic mass is 31.0. The summed E-state index contributed by atoms with van der Waals surface area (Å²) in [6.45, 7) is 2.53. The number of rotatable bonds is 8. The molecule has 0 aromatic rings. The van der Waals surface area contributed by atoms with Crippen LogP contribution in [0.4, 0.5) is 0 Å². The molecule has 0 spiro atoms. The zero-order valence-electron chi connectivity index (χ0n) is 10.8. The molecule has 0 aliphatic heterocycles. The monoisotopic (exact) mass is 256 g/mol. The van der Waals surface area contributed by atoms with Crippen molar-refractivity contribution in [1.29, 1.82) is 0 Å². The Labute approximate surface area is 108 Å². The molecule has 0 radical (unpaired) electrons. The Kier molecular flexibility index (Phi) is 7.86. The number of hydrogen-bond acceptors (Lipinski definition) is 2. The molecule has 1 aliphatic rings. The van der Waals surface area contributed by atoms with E-state index in [2.05, 4.69) is 28.2 Å². The van der Waals surface area contributed by atoms with E-state index < -0.39 is 0 Å². The van der Waals surface area contributed by atoms with Gasteiger partial charge in [-0.2, -0.15) is 0 Å². The van der Waals surface area contributed by atoms with Gasteiger partial charge < -0.3 is 9.63 Å². The second kappa shape index (κ2) is 8.92. The van der Waals surface area contributed by atoms with Gasteiger partial charge >= 0.3 is 0 Å². The maximum absolute atomic E-state index is 8.81. The van der Waals surface area contributed by atoms with Gasteiger partial charge in [0.1, 0.15) is 6.10 Å². The molecule has 0 bridgehead atoms. The van der Waals surface area contributed by atoms with Gasteiger partial charge in [0.05, 0.1) is 0 Å². The summed E-state index contributed by atoms with van der Waals surface area (Å²) >= 11 is 0. The van der Waals surface area contributed by atoms with Crippen LogP contribution in [0.3, 0.4) is 0 Å². The van der Waals surface area contributed by atoms with Crippen molar-refractivity contribution in [2.24, 2.45) is 11.8 Å². The number of hydrogen-bond donors (Lipinski definition) is 1. The molecule has 0 aromatic heterocycles. The summed E-state index contributed by atoms with van der Waals surface area (Å²) < 4.78 is 5.28. The normalized spacial score (nSPS) is 23.9. The molecular weight excluding hydrogens is 231 g/mol. The van der Waals surface area contributed by atoms with Gasteiger partial charge in [-0.3, -0.25) is 0 Å². The van der Waals surface area contributed by atoms with Crippen molar-refractivity contribution in [2.45, 2.75) is 58.0 Å². The molecule has 0 saturated heterocycles. The second-order valence-corrected chi connectivity index (χ2v) is 5.19. The molecule has 1 saturated carbocycles. The summed E-state index contributed by atoms with van der Waals surface area (Å²) in [7, 11) is 2.33. The van der Waals surface area contributed by atoms with Crippen molar-refractivity contribution in [1.82, 2.24) is 0 Å². The molecule has 0 heterocycles. The van der Waals surface area contributed by atoms with Crippen LogP contribution >= 0.6 is 9.47 Å².